The van der Waals surface area contributed by atoms with E-state index in [1.807, 2.05) is 42.5 Å². The van der Waals surface area contributed by atoms with E-state index in [0.717, 1.165) is 10.5 Å². The standard InChI is InChI=1S/C27H22N2O4S/c1-18(30)20-8-12-22(13-9-20)29-26(32)17-24(27(29)33)34-23-14-10-21(11-15-23)28-25(31)16-7-19-5-3-2-4-6-19/h2-16,24H,17H2,1H3,(H,28,31)/b16-7+. The molecule has 1 N–H and O–H groups in total. The summed E-state index contributed by atoms with van der Waals surface area (Å²) in [5, 5.41) is 2.27. The molecule has 4 rings (SSSR count). The van der Waals surface area contributed by atoms with Gasteiger partial charge in [-0.1, -0.05) is 30.3 Å². The number of benzene rings is 3. The van der Waals surface area contributed by atoms with Crippen molar-refractivity contribution in [1.82, 2.24) is 0 Å². The van der Waals surface area contributed by atoms with Gasteiger partial charge >= 0.3 is 0 Å². The highest BCUT2D eigenvalue weighted by atomic mass is 32.2. The Kier molecular flexibility index (Phi) is 7.04. The van der Waals surface area contributed by atoms with Crippen molar-refractivity contribution in [2.24, 2.45) is 0 Å². The van der Waals surface area contributed by atoms with Gasteiger partial charge in [-0.2, -0.15) is 0 Å². The minimum Gasteiger partial charge on any atom is -0.323 e. The van der Waals surface area contributed by atoms with Crippen molar-refractivity contribution in [2.45, 2.75) is 23.5 Å². The van der Waals surface area contributed by atoms with Crippen LogP contribution < -0.4 is 10.2 Å². The predicted molar refractivity (Wildman–Crippen MR) is 134 cm³/mol. The summed E-state index contributed by atoms with van der Waals surface area (Å²) >= 11 is 1.31. The average molecular weight is 471 g/mol. The second-order valence-electron chi connectivity index (χ2n) is 7.74. The number of thioether (sulfide) groups is 1. The van der Waals surface area contributed by atoms with Crippen molar-refractivity contribution in [2.75, 3.05) is 10.2 Å². The lowest BCUT2D eigenvalue weighted by Crippen LogP contribution is -2.31. The Hall–Kier alpha value is -3.97. The Bertz CT molecular complexity index is 1250. The quantitative estimate of drug-likeness (QED) is 0.300. The number of carbonyl (C=O) groups is 4. The summed E-state index contributed by atoms with van der Waals surface area (Å²) in [7, 11) is 0. The number of ketones is 1. The molecule has 1 aliphatic heterocycles. The fourth-order valence-corrected chi connectivity index (χ4v) is 4.57. The van der Waals surface area contributed by atoms with Crippen molar-refractivity contribution >= 4 is 52.7 Å². The van der Waals surface area contributed by atoms with Crippen molar-refractivity contribution in [3.05, 3.63) is 96.1 Å². The third-order valence-electron chi connectivity index (χ3n) is 5.26. The fraction of sp³-hybridized carbons (Fsp3) is 0.111. The molecule has 170 valence electrons. The minimum absolute atomic E-state index is 0.0779. The van der Waals surface area contributed by atoms with E-state index < -0.39 is 5.25 Å². The number of nitrogens with zero attached hydrogens (tertiary/aromatic N) is 1. The van der Waals surface area contributed by atoms with Crippen LogP contribution in [0.5, 0.6) is 0 Å². The molecule has 0 radical (unpaired) electrons. The van der Waals surface area contributed by atoms with Crippen LogP contribution in [-0.4, -0.2) is 28.8 Å². The van der Waals surface area contributed by atoms with Crippen molar-refractivity contribution in [3.8, 4) is 0 Å². The zero-order valence-electron chi connectivity index (χ0n) is 18.4. The highest BCUT2D eigenvalue weighted by Gasteiger charge is 2.40. The van der Waals surface area contributed by atoms with Crippen LogP contribution in [0.15, 0.2) is 89.8 Å². The molecular weight excluding hydrogens is 448 g/mol. The van der Waals surface area contributed by atoms with E-state index >= 15 is 0 Å². The molecule has 1 heterocycles. The largest absolute Gasteiger partial charge is 0.323 e. The Morgan fingerprint density at radius 2 is 1.62 bits per heavy atom. The predicted octanol–water partition coefficient (Wildman–Crippen LogP) is 4.97. The molecule has 1 aliphatic rings. The Morgan fingerprint density at radius 3 is 2.26 bits per heavy atom. The molecular formula is C27H22N2O4S. The number of hydrogen-bond donors (Lipinski definition) is 1. The van der Waals surface area contributed by atoms with Crippen LogP contribution in [0.1, 0.15) is 29.3 Å². The first kappa shape index (κ1) is 23.2. The molecule has 1 unspecified atom stereocenters. The van der Waals surface area contributed by atoms with E-state index in [2.05, 4.69) is 5.32 Å². The number of carbonyl (C=O) groups excluding carboxylic acids is 4. The zero-order valence-corrected chi connectivity index (χ0v) is 19.2. The van der Waals surface area contributed by atoms with E-state index in [4.69, 9.17) is 0 Å². The fourth-order valence-electron chi connectivity index (χ4n) is 3.51. The van der Waals surface area contributed by atoms with E-state index in [1.54, 1.807) is 42.5 Å². The number of Topliss-reactive ketones (excluding diaryl/α,β-unsaturated/α-hetero) is 1. The van der Waals surface area contributed by atoms with Gasteiger partial charge in [0.2, 0.25) is 17.7 Å². The lowest BCUT2D eigenvalue weighted by atomic mass is 10.1. The monoisotopic (exact) mass is 470 g/mol. The molecule has 34 heavy (non-hydrogen) atoms. The molecule has 7 heteroatoms. The van der Waals surface area contributed by atoms with E-state index in [1.165, 1.54) is 29.7 Å². The third-order valence-corrected chi connectivity index (χ3v) is 6.46. The number of amides is 3. The molecule has 3 amide bonds. The molecule has 3 aromatic rings. The summed E-state index contributed by atoms with van der Waals surface area (Å²) in [5.41, 5.74) is 2.55. The summed E-state index contributed by atoms with van der Waals surface area (Å²) in [5.74, 6) is -0.876. The smallest absolute Gasteiger partial charge is 0.248 e. The average Bonchev–Trinajstić information content (AvgIpc) is 3.12. The van der Waals surface area contributed by atoms with Gasteiger partial charge in [-0.25, -0.2) is 4.90 Å². The van der Waals surface area contributed by atoms with Gasteiger partial charge in [0, 0.05) is 28.6 Å². The Balaban J connectivity index is 1.36. The summed E-state index contributed by atoms with van der Waals surface area (Å²) < 4.78 is 0. The lowest BCUT2D eigenvalue weighted by molar-refractivity contribution is -0.121. The topological polar surface area (TPSA) is 83.6 Å². The molecule has 1 fully saturated rings. The normalized spacial score (nSPS) is 15.7. The highest BCUT2D eigenvalue weighted by Crippen LogP contribution is 2.34. The first-order chi connectivity index (χ1) is 16.4. The Labute approximate surface area is 201 Å². The van der Waals surface area contributed by atoms with Gasteiger partial charge in [0.05, 0.1) is 10.9 Å². The molecule has 6 nitrogen and oxygen atoms in total. The van der Waals surface area contributed by atoms with Gasteiger partial charge in [0.1, 0.15) is 0 Å². The maximum atomic E-state index is 12.9. The number of rotatable bonds is 7. The molecule has 1 saturated heterocycles. The van der Waals surface area contributed by atoms with E-state index in [-0.39, 0.29) is 29.9 Å². The van der Waals surface area contributed by atoms with Crippen LogP contribution in [-0.2, 0) is 14.4 Å². The number of anilines is 2. The zero-order chi connectivity index (χ0) is 24.1. The second kappa shape index (κ2) is 10.3. The molecule has 1 atom stereocenters. The summed E-state index contributed by atoms with van der Waals surface area (Å²) in [6.45, 7) is 1.46. The van der Waals surface area contributed by atoms with Crippen molar-refractivity contribution in [1.29, 1.82) is 0 Å². The summed E-state index contributed by atoms with van der Waals surface area (Å²) in [6, 6.07) is 23.1. The minimum atomic E-state index is -0.533. The molecule has 0 aromatic heterocycles. The summed E-state index contributed by atoms with van der Waals surface area (Å²) in [6.07, 6.45) is 3.31. The van der Waals surface area contributed by atoms with Gasteiger partial charge in [-0.15, -0.1) is 11.8 Å². The third kappa shape index (κ3) is 5.50. The van der Waals surface area contributed by atoms with Gasteiger partial charge in [0.15, 0.2) is 5.78 Å². The molecule has 0 spiro atoms. The highest BCUT2D eigenvalue weighted by molar-refractivity contribution is 8.00. The summed E-state index contributed by atoms with van der Waals surface area (Å²) in [4.78, 5) is 51.0. The van der Waals surface area contributed by atoms with Crippen LogP contribution in [0, 0.1) is 0 Å². The van der Waals surface area contributed by atoms with Crippen molar-refractivity contribution < 1.29 is 19.2 Å². The van der Waals surface area contributed by atoms with Gasteiger partial charge in [-0.3, -0.25) is 19.2 Å². The van der Waals surface area contributed by atoms with E-state index in [0.29, 0.717) is 16.9 Å². The number of imide groups is 1. The SMILES string of the molecule is CC(=O)c1ccc(N2C(=O)CC(Sc3ccc(NC(=O)/C=C/c4ccccc4)cc3)C2=O)cc1. The van der Waals surface area contributed by atoms with Gasteiger partial charge < -0.3 is 5.32 Å². The maximum Gasteiger partial charge on any atom is 0.248 e. The van der Waals surface area contributed by atoms with Crippen LogP contribution >= 0.6 is 11.8 Å². The first-order valence-electron chi connectivity index (χ1n) is 10.7. The second-order valence-corrected chi connectivity index (χ2v) is 9.01. The maximum absolute atomic E-state index is 12.9. The molecule has 0 saturated carbocycles. The van der Waals surface area contributed by atoms with Gasteiger partial charge in [-0.05, 0) is 67.1 Å². The Morgan fingerprint density at radius 1 is 0.941 bits per heavy atom. The first-order valence-corrected chi connectivity index (χ1v) is 11.6. The molecule has 3 aromatic carbocycles. The van der Waals surface area contributed by atoms with Gasteiger partial charge in [0.25, 0.3) is 0 Å². The number of nitrogens with one attached hydrogen (secondary N) is 1. The lowest BCUT2D eigenvalue weighted by Gasteiger charge is -2.15. The van der Waals surface area contributed by atoms with Crippen LogP contribution in [0.4, 0.5) is 11.4 Å². The van der Waals surface area contributed by atoms with E-state index in [9.17, 15) is 19.2 Å². The number of hydrogen-bond acceptors (Lipinski definition) is 5. The van der Waals surface area contributed by atoms with Crippen molar-refractivity contribution in [3.63, 3.8) is 0 Å². The van der Waals surface area contributed by atoms with Crippen LogP contribution in [0.2, 0.25) is 0 Å². The molecule has 0 aliphatic carbocycles. The molecule has 0 bridgehead atoms. The van der Waals surface area contributed by atoms with Crippen LogP contribution in [0.25, 0.3) is 6.08 Å². The van der Waals surface area contributed by atoms with Crippen LogP contribution in [0.3, 0.4) is 0 Å².